The SMILES string of the molecule is Cc1ccccc1C(=O)Oc1ccc(C2=NOC(c3cc(Cl)cc(Cl)c3)(C(F)(F)F)C2)cc1. The summed E-state index contributed by atoms with van der Waals surface area (Å²) in [4.78, 5) is 17.4. The van der Waals surface area contributed by atoms with Crippen LogP contribution < -0.4 is 4.74 Å². The monoisotopic (exact) mass is 493 g/mol. The highest BCUT2D eigenvalue weighted by Gasteiger charge is 2.62. The minimum absolute atomic E-state index is 0.0537. The second-order valence-electron chi connectivity index (χ2n) is 7.52. The van der Waals surface area contributed by atoms with Crippen molar-refractivity contribution in [3.05, 3.63) is 99.0 Å². The number of halogens is 5. The number of benzene rings is 3. The molecule has 0 fully saturated rings. The molecule has 0 amide bonds. The van der Waals surface area contributed by atoms with Gasteiger partial charge in [-0.2, -0.15) is 13.2 Å². The highest BCUT2D eigenvalue weighted by atomic mass is 35.5. The number of oxime groups is 1. The van der Waals surface area contributed by atoms with Crippen LogP contribution in [0.2, 0.25) is 10.0 Å². The van der Waals surface area contributed by atoms with Crippen LogP contribution in [-0.4, -0.2) is 17.9 Å². The molecule has 4 rings (SSSR count). The van der Waals surface area contributed by atoms with Gasteiger partial charge >= 0.3 is 12.1 Å². The van der Waals surface area contributed by atoms with Crippen molar-refractivity contribution in [3.63, 3.8) is 0 Å². The number of rotatable bonds is 4. The number of carbonyl (C=O) groups is 1. The van der Waals surface area contributed by atoms with Crippen LogP contribution in [0, 0.1) is 6.92 Å². The van der Waals surface area contributed by atoms with Crippen molar-refractivity contribution < 1.29 is 27.5 Å². The van der Waals surface area contributed by atoms with Crippen molar-refractivity contribution in [3.8, 4) is 5.75 Å². The van der Waals surface area contributed by atoms with Crippen molar-refractivity contribution in [1.82, 2.24) is 0 Å². The molecule has 33 heavy (non-hydrogen) atoms. The van der Waals surface area contributed by atoms with Crippen LogP contribution in [0.25, 0.3) is 0 Å². The van der Waals surface area contributed by atoms with Crippen LogP contribution in [0.3, 0.4) is 0 Å². The molecule has 1 atom stereocenters. The van der Waals surface area contributed by atoms with Gasteiger partial charge in [-0.3, -0.25) is 0 Å². The van der Waals surface area contributed by atoms with E-state index in [2.05, 4.69) is 5.16 Å². The quantitative estimate of drug-likeness (QED) is 0.287. The second kappa shape index (κ2) is 8.72. The normalized spacial score (nSPS) is 17.9. The third kappa shape index (κ3) is 4.56. The predicted molar refractivity (Wildman–Crippen MR) is 119 cm³/mol. The molecule has 0 N–H and O–H groups in total. The first-order chi connectivity index (χ1) is 15.6. The van der Waals surface area contributed by atoms with Crippen LogP contribution >= 0.6 is 23.2 Å². The highest BCUT2D eigenvalue weighted by Crippen LogP contribution is 2.49. The molecule has 3 aromatic rings. The van der Waals surface area contributed by atoms with E-state index in [9.17, 15) is 18.0 Å². The summed E-state index contributed by atoms with van der Waals surface area (Å²) in [5.41, 5.74) is -1.29. The number of aryl methyl sites for hydroxylation is 1. The molecule has 0 radical (unpaired) electrons. The Balaban J connectivity index is 1.55. The molecule has 9 heteroatoms. The second-order valence-corrected chi connectivity index (χ2v) is 8.39. The molecule has 3 aromatic carbocycles. The van der Waals surface area contributed by atoms with Crippen molar-refractivity contribution in [2.75, 3.05) is 0 Å². The summed E-state index contributed by atoms with van der Waals surface area (Å²) in [7, 11) is 0. The van der Waals surface area contributed by atoms with Gasteiger partial charge in [-0.25, -0.2) is 4.79 Å². The average Bonchev–Trinajstić information content (AvgIpc) is 3.21. The molecule has 0 spiro atoms. The lowest BCUT2D eigenvalue weighted by Gasteiger charge is -2.29. The topological polar surface area (TPSA) is 47.9 Å². The molecule has 1 unspecified atom stereocenters. The first-order valence-electron chi connectivity index (χ1n) is 9.76. The van der Waals surface area contributed by atoms with E-state index in [-0.39, 0.29) is 27.1 Å². The molecule has 0 bridgehead atoms. The van der Waals surface area contributed by atoms with Crippen molar-refractivity contribution >= 4 is 34.9 Å². The van der Waals surface area contributed by atoms with Crippen LogP contribution in [0.1, 0.15) is 33.5 Å². The molecule has 0 saturated heterocycles. The van der Waals surface area contributed by atoms with E-state index in [1.165, 1.54) is 30.3 Å². The third-order valence-electron chi connectivity index (χ3n) is 5.28. The first-order valence-corrected chi connectivity index (χ1v) is 10.5. The van der Waals surface area contributed by atoms with E-state index in [0.717, 1.165) is 17.7 Å². The molecule has 0 saturated carbocycles. The molecule has 1 heterocycles. The Morgan fingerprint density at radius 2 is 1.67 bits per heavy atom. The number of alkyl halides is 3. The Kier molecular flexibility index (Phi) is 6.12. The number of hydrogen-bond acceptors (Lipinski definition) is 4. The molecule has 0 aromatic heterocycles. The summed E-state index contributed by atoms with van der Waals surface area (Å²) in [6.45, 7) is 1.79. The van der Waals surface area contributed by atoms with Gasteiger partial charge in [0.05, 0.1) is 11.3 Å². The number of nitrogens with zero attached hydrogens (tertiary/aromatic N) is 1. The van der Waals surface area contributed by atoms with Crippen molar-refractivity contribution in [2.24, 2.45) is 5.16 Å². The van der Waals surface area contributed by atoms with Gasteiger partial charge < -0.3 is 9.57 Å². The van der Waals surface area contributed by atoms with Crippen LogP contribution in [-0.2, 0) is 10.4 Å². The van der Waals surface area contributed by atoms with Gasteiger partial charge in [0.1, 0.15) is 5.75 Å². The number of ether oxygens (including phenoxy) is 1. The summed E-state index contributed by atoms with van der Waals surface area (Å²) in [6.07, 6.45) is -5.36. The molecular weight excluding hydrogens is 478 g/mol. The molecular formula is C24H16Cl2F3NO3. The molecule has 170 valence electrons. The maximum atomic E-state index is 14.1. The molecule has 1 aliphatic rings. The Hall–Kier alpha value is -3.03. The molecule has 0 aliphatic carbocycles. The van der Waals surface area contributed by atoms with Crippen LogP contribution in [0.4, 0.5) is 13.2 Å². The van der Waals surface area contributed by atoms with Gasteiger partial charge in [-0.15, -0.1) is 0 Å². The van der Waals surface area contributed by atoms with E-state index < -0.39 is 24.2 Å². The van der Waals surface area contributed by atoms with Gasteiger partial charge in [-0.1, -0.05) is 46.6 Å². The Morgan fingerprint density at radius 3 is 2.27 bits per heavy atom. The van der Waals surface area contributed by atoms with E-state index >= 15 is 0 Å². The predicted octanol–water partition coefficient (Wildman–Crippen LogP) is 7.10. The summed E-state index contributed by atoms with van der Waals surface area (Å²) < 4.78 is 47.7. The lowest BCUT2D eigenvalue weighted by Crippen LogP contribution is -2.42. The maximum Gasteiger partial charge on any atom is 0.435 e. The van der Waals surface area contributed by atoms with E-state index in [1.807, 2.05) is 6.07 Å². The summed E-state index contributed by atoms with van der Waals surface area (Å²) in [5.74, 6) is -0.286. The highest BCUT2D eigenvalue weighted by molar-refractivity contribution is 6.34. The van der Waals surface area contributed by atoms with Gasteiger partial charge in [0.15, 0.2) is 0 Å². The van der Waals surface area contributed by atoms with Crippen LogP contribution in [0.5, 0.6) is 5.75 Å². The lowest BCUT2D eigenvalue weighted by molar-refractivity contribution is -0.275. The van der Waals surface area contributed by atoms with E-state index in [4.69, 9.17) is 32.8 Å². The molecule has 1 aliphatic heterocycles. The Morgan fingerprint density at radius 1 is 1.03 bits per heavy atom. The van der Waals surface area contributed by atoms with Gasteiger partial charge in [-0.05, 0) is 66.6 Å². The first kappa shape index (κ1) is 23.1. The smallest absolute Gasteiger partial charge is 0.423 e. The largest absolute Gasteiger partial charge is 0.435 e. The Labute approximate surface area is 197 Å². The fourth-order valence-electron chi connectivity index (χ4n) is 3.52. The van der Waals surface area contributed by atoms with Gasteiger partial charge in [0.25, 0.3) is 5.60 Å². The Bertz CT molecular complexity index is 1220. The zero-order valence-electron chi connectivity index (χ0n) is 17.1. The minimum Gasteiger partial charge on any atom is -0.423 e. The van der Waals surface area contributed by atoms with Crippen molar-refractivity contribution in [1.29, 1.82) is 0 Å². The minimum atomic E-state index is -4.78. The van der Waals surface area contributed by atoms with Crippen LogP contribution in [0.15, 0.2) is 71.9 Å². The van der Waals surface area contributed by atoms with Gasteiger partial charge in [0, 0.05) is 22.0 Å². The lowest BCUT2D eigenvalue weighted by atomic mass is 9.86. The zero-order valence-corrected chi connectivity index (χ0v) is 18.6. The van der Waals surface area contributed by atoms with Gasteiger partial charge in [0.2, 0.25) is 0 Å². The van der Waals surface area contributed by atoms with E-state index in [1.54, 1.807) is 25.1 Å². The fraction of sp³-hybridized carbons (Fsp3) is 0.167. The standard InChI is InChI=1S/C24H16Cl2F3NO3/c1-14-4-2-3-5-20(14)22(31)32-19-8-6-15(7-9-19)21-13-23(33-30-21,24(27,28)29)16-10-17(25)12-18(26)11-16/h2-12H,13H2,1H3. The van der Waals surface area contributed by atoms with Crippen molar-refractivity contribution in [2.45, 2.75) is 25.1 Å². The number of esters is 1. The number of carbonyl (C=O) groups excluding carboxylic acids is 1. The van der Waals surface area contributed by atoms with E-state index in [0.29, 0.717) is 11.1 Å². The zero-order chi connectivity index (χ0) is 23.8. The average molecular weight is 494 g/mol. The summed E-state index contributed by atoms with van der Waals surface area (Å²) in [6, 6.07) is 16.6. The number of hydrogen-bond donors (Lipinski definition) is 0. The summed E-state index contributed by atoms with van der Waals surface area (Å²) >= 11 is 11.8. The summed E-state index contributed by atoms with van der Waals surface area (Å²) in [5, 5.41) is 3.82. The fourth-order valence-corrected chi connectivity index (χ4v) is 4.05. The maximum absolute atomic E-state index is 14.1. The third-order valence-corrected chi connectivity index (χ3v) is 5.71. The molecule has 4 nitrogen and oxygen atoms in total.